The van der Waals surface area contributed by atoms with E-state index in [-0.39, 0.29) is 16.9 Å². The Bertz CT molecular complexity index is 451. The van der Waals surface area contributed by atoms with Gasteiger partial charge in [-0.2, -0.15) is 0 Å². The van der Waals surface area contributed by atoms with Gasteiger partial charge in [0.05, 0.1) is 0 Å². The molecule has 0 aliphatic heterocycles. The van der Waals surface area contributed by atoms with Gasteiger partial charge in [-0.15, -0.1) is 0 Å². The second-order valence-electron chi connectivity index (χ2n) is 6.08. The molecule has 0 saturated carbocycles. The van der Waals surface area contributed by atoms with Crippen LogP contribution >= 0.6 is 0 Å². The van der Waals surface area contributed by atoms with Crippen molar-refractivity contribution in [3.8, 4) is 0 Å². The first-order valence-corrected chi connectivity index (χ1v) is 6.89. The summed E-state index contributed by atoms with van der Waals surface area (Å²) in [5, 5.41) is 3.26. The standard InChI is InChI=1S/C14H26N4O/c1-10(2)13-17-11(8-12(19)18-13)16-9-14(3,4)6-5-7-15/h8,10H,5-7,9,15H2,1-4H3,(H2,16,17,18,19). The van der Waals surface area contributed by atoms with Crippen LogP contribution in [-0.4, -0.2) is 23.1 Å². The van der Waals surface area contributed by atoms with Gasteiger partial charge in [-0.05, 0) is 24.8 Å². The van der Waals surface area contributed by atoms with E-state index in [4.69, 9.17) is 5.73 Å². The summed E-state index contributed by atoms with van der Waals surface area (Å²) in [5.74, 6) is 1.57. The van der Waals surface area contributed by atoms with Crippen molar-refractivity contribution in [2.45, 2.75) is 46.5 Å². The predicted molar refractivity (Wildman–Crippen MR) is 79.5 cm³/mol. The van der Waals surface area contributed by atoms with Crippen molar-refractivity contribution in [2.75, 3.05) is 18.4 Å². The van der Waals surface area contributed by atoms with Gasteiger partial charge in [0.25, 0.3) is 5.56 Å². The molecule has 0 fully saturated rings. The fraction of sp³-hybridized carbons (Fsp3) is 0.714. The van der Waals surface area contributed by atoms with Crippen LogP contribution in [0.1, 0.15) is 52.3 Å². The van der Waals surface area contributed by atoms with Crippen molar-refractivity contribution in [3.05, 3.63) is 22.2 Å². The highest BCUT2D eigenvalue weighted by Crippen LogP contribution is 2.22. The molecule has 1 aromatic heterocycles. The Balaban J connectivity index is 2.69. The minimum atomic E-state index is -0.110. The van der Waals surface area contributed by atoms with Crippen molar-refractivity contribution in [1.29, 1.82) is 0 Å². The van der Waals surface area contributed by atoms with Crippen LogP contribution in [0.2, 0.25) is 0 Å². The number of hydrogen-bond acceptors (Lipinski definition) is 4. The van der Waals surface area contributed by atoms with Crippen LogP contribution in [0.25, 0.3) is 0 Å². The minimum absolute atomic E-state index is 0.110. The molecule has 0 aromatic carbocycles. The first-order chi connectivity index (χ1) is 8.84. The molecule has 0 amide bonds. The normalized spacial score (nSPS) is 11.9. The van der Waals surface area contributed by atoms with Gasteiger partial charge in [-0.25, -0.2) is 4.98 Å². The summed E-state index contributed by atoms with van der Waals surface area (Å²) in [5.41, 5.74) is 5.57. The lowest BCUT2D eigenvalue weighted by Crippen LogP contribution is -2.25. The highest BCUT2D eigenvalue weighted by atomic mass is 16.1. The molecule has 1 aromatic rings. The molecule has 0 saturated heterocycles. The third-order valence-electron chi connectivity index (χ3n) is 3.11. The van der Waals surface area contributed by atoms with Crippen molar-refractivity contribution >= 4 is 5.82 Å². The number of nitrogens with one attached hydrogen (secondary N) is 2. The van der Waals surface area contributed by atoms with Gasteiger partial charge in [0.1, 0.15) is 11.6 Å². The second kappa shape index (κ2) is 6.70. The van der Waals surface area contributed by atoms with Gasteiger partial charge in [-0.1, -0.05) is 27.7 Å². The molecule has 0 unspecified atom stereocenters. The monoisotopic (exact) mass is 266 g/mol. The highest BCUT2D eigenvalue weighted by molar-refractivity contribution is 5.33. The Morgan fingerprint density at radius 1 is 1.47 bits per heavy atom. The van der Waals surface area contributed by atoms with Crippen LogP contribution in [0, 0.1) is 5.41 Å². The smallest absolute Gasteiger partial charge is 0.252 e. The first-order valence-electron chi connectivity index (χ1n) is 6.89. The molecule has 0 spiro atoms. The van der Waals surface area contributed by atoms with E-state index < -0.39 is 0 Å². The SMILES string of the molecule is CC(C)c1nc(NCC(C)(C)CCCN)cc(=O)[nH]1. The first kappa shape index (κ1) is 15.7. The summed E-state index contributed by atoms with van der Waals surface area (Å²) in [6, 6.07) is 1.50. The van der Waals surface area contributed by atoms with Gasteiger partial charge in [0.2, 0.25) is 0 Å². The third kappa shape index (κ3) is 5.42. The minimum Gasteiger partial charge on any atom is -0.369 e. The molecule has 1 heterocycles. The number of aromatic amines is 1. The maximum Gasteiger partial charge on any atom is 0.252 e. The lowest BCUT2D eigenvalue weighted by molar-refractivity contribution is 0.350. The molecular formula is C14H26N4O. The summed E-state index contributed by atoms with van der Waals surface area (Å²) >= 11 is 0. The number of nitrogens with zero attached hydrogens (tertiary/aromatic N) is 1. The Labute approximate surface area is 115 Å². The fourth-order valence-electron chi connectivity index (χ4n) is 1.84. The quantitative estimate of drug-likeness (QED) is 0.705. The van der Waals surface area contributed by atoms with Crippen LogP contribution in [0.4, 0.5) is 5.82 Å². The Hall–Kier alpha value is -1.36. The van der Waals surface area contributed by atoms with Crippen LogP contribution in [0.15, 0.2) is 10.9 Å². The summed E-state index contributed by atoms with van der Waals surface area (Å²) in [7, 11) is 0. The molecule has 0 radical (unpaired) electrons. The van der Waals surface area contributed by atoms with Crippen molar-refractivity contribution in [1.82, 2.24) is 9.97 Å². The summed E-state index contributed by atoms with van der Waals surface area (Å²) in [4.78, 5) is 18.7. The highest BCUT2D eigenvalue weighted by Gasteiger charge is 2.17. The second-order valence-corrected chi connectivity index (χ2v) is 6.08. The van der Waals surface area contributed by atoms with Crippen molar-refractivity contribution < 1.29 is 0 Å². The molecule has 19 heavy (non-hydrogen) atoms. The Kier molecular flexibility index (Phi) is 5.54. The number of aromatic nitrogens is 2. The fourth-order valence-corrected chi connectivity index (χ4v) is 1.84. The van der Waals surface area contributed by atoms with Gasteiger partial charge in [-0.3, -0.25) is 4.79 Å². The molecule has 0 aliphatic carbocycles. The summed E-state index contributed by atoms with van der Waals surface area (Å²) in [6.07, 6.45) is 2.06. The molecule has 5 heteroatoms. The van der Waals surface area contributed by atoms with E-state index in [0.29, 0.717) is 12.4 Å². The number of H-pyrrole nitrogens is 1. The molecular weight excluding hydrogens is 240 g/mol. The van der Waals surface area contributed by atoms with E-state index >= 15 is 0 Å². The summed E-state index contributed by atoms with van der Waals surface area (Å²) < 4.78 is 0. The number of nitrogens with two attached hydrogens (primary N) is 1. The summed E-state index contributed by atoms with van der Waals surface area (Å²) in [6.45, 7) is 9.88. The molecule has 1 rings (SSSR count). The van der Waals surface area contributed by atoms with Crippen LogP contribution < -0.4 is 16.6 Å². The Morgan fingerprint density at radius 3 is 2.74 bits per heavy atom. The molecule has 5 nitrogen and oxygen atoms in total. The van der Waals surface area contributed by atoms with Gasteiger partial charge in [0.15, 0.2) is 0 Å². The lowest BCUT2D eigenvalue weighted by Gasteiger charge is -2.25. The molecule has 0 aliphatic rings. The van der Waals surface area contributed by atoms with E-state index in [1.54, 1.807) is 0 Å². The maximum absolute atomic E-state index is 11.6. The average Bonchev–Trinajstić information content (AvgIpc) is 2.33. The van der Waals surface area contributed by atoms with Gasteiger partial charge >= 0.3 is 0 Å². The Morgan fingerprint density at radius 2 is 2.16 bits per heavy atom. The van der Waals surface area contributed by atoms with Gasteiger partial charge in [0, 0.05) is 18.5 Å². The van der Waals surface area contributed by atoms with E-state index in [1.165, 1.54) is 6.07 Å². The number of hydrogen-bond donors (Lipinski definition) is 3. The average molecular weight is 266 g/mol. The maximum atomic E-state index is 11.6. The zero-order valence-electron chi connectivity index (χ0n) is 12.4. The van der Waals surface area contributed by atoms with E-state index in [2.05, 4.69) is 29.1 Å². The van der Waals surface area contributed by atoms with Crippen LogP contribution in [0.5, 0.6) is 0 Å². The predicted octanol–water partition coefficient (Wildman–Crippen LogP) is 2.07. The van der Waals surface area contributed by atoms with Crippen molar-refractivity contribution in [2.24, 2.45) is 11.1 Å². The third-order valence-corrected chi connectivity index (χ3v) is 3.11. The number of anilines is 1. The molecule has 108 valence electrons. The van der Waals surface area contributed by atoms with Crippen LogP contribution in [-0.2, 0) is 0 Å². The molecule has 0 atom stereocenters. The zero-order chi connectivity index (χ0) is 14.5. The number of rotatable bonds is 7. The molecule has 0 bridgehead atoms. The largest absolute Gasteiger partial charge is 0.369 e. The van der Waals surface area contributed by atoms with E-state index in [1.807, 2.05) is 13.8 Å². The zero-order valence-corrected chi connectivity index (χ0v) is 12.4. The molecule has 4 N–H and O–H groups in total. The van der Waals surface area contributed by atoms with E-state index in [9.17, 15) is 4.79 Å². The lowest BCUT2D eigenvalue weighted by atomic mass is 9.88. The van der Waals surface area contributed by atoms with Crippen LogP contribution in [0.3, 0.4) is 0 Å². The topological polar surface area (TPSA) is 83.8 Å². The van der Waals surface area contributed by atoms with E-state index in [0.717, 1.165) is 25.2 Å². The van der Waals surface area contributed by atoms with Crippen molar-refractivity contribution in [3.63, 3.8) is 0 Å². The van der Waals surface area contributed by atoms with Gasteiger partial charge < -0.3 is 16.0 Å².